The fourth-order valence-corrected chi connectivity index (χ4v) is 5.40. The summed E-state index contributed by atoms with van der Waals surface area (Å²) in [5.74, 6) is -3.06. The van der Waals surface area contributed by atoms with E-state index >= 15 is 0 Å². The second-order valence-electron chi connectivity index (χ2n) is 10.4. The van der Waals surface area contributed by atoms with Gasteiger partial charge in [0, 0.05) is 37.2 Å². The summed E-state index contributed by atoms with van der Waals surface area (Å²) in [6.45, 7) is 0. The Balaban J connectivity index is 0.000000167. The van der Waals surface area contributed by atoms with Crippen molar-refractivity contribution in [2.24, 2.45) is 0 Å². The van der Waals surface area contributed by atoms with Gasteiger partial charge in [0.05, 0.1) is 33.4 Å². The third-order valence-corrected chi connectivity index (χ3v) is 7.61. The second-order valence-corrected chi connectivity index (χ2v) is 10.4. The van der Waals surface area contributed by atoms with Crippen LogP contribution in [0.4, 0.5) is 0 Å². The summed E-state index contributed by atoms with van der Waals surface area (Å²) < 4.78 is 0. The van der Waals surface area contributed by atoms with E-state index in [-0.39, 0.29) is 44.3 Å². The second kappa shape index (κ2) is 15.8. The minimum atomic E-state index is -0.511. The Bertz CT molecular complexity index is 1980. The first-order valence-corrected chi connectivity index (χ1v) is 14.3. The van der Waals surface area contributed by atoms with Crippen LogP contribution >= 0.6 is 0 Å². The zero-order chi connectivity index (χ0) is 33.4. The molecule has 0 atom stereocenters. The number of pyridine rings is 6. The van der Waals surface area contributed by atoms with Crippen LogP contribution in [0.2, 0.25) is 0 Å². The van der Waals surface area contributed by atoms with Crippen LogP contribution in [0.5, 0.6) is 0 Å². The van der Waals surface area contributed by atoms with Gasteiger partial charge in [-0.2, -0.15) is 0 Å². The van der Waals surface area contributed by atoms with E-state index in [0.29, 0.717) is 67.5 Å². The quantitative estimate of drug-likeness (QED) is 0.129. The van der Waals surface area contributed by atoms with Crippen molar-refractivity contribution in [3.05, 3.63) is 143 Å². The van der Waals surface area contributed by atoms with Gasteiger partial charge in [0.2, 0.25) is 34.7 Å². The van der Waals surface area contributed by atoms with Gasteiger partial charge in [-0.25, -0.2) is 0 Å². The Morgan fingerprint density at radius 3 is 0.549 bits per heavy atom. The first-order chi connectivity index (χ1) is 23.4. The topological polar surface area (TPSA) is 180 Å². The average Bonchev–Trinajstić information content (AvgIpc) is 3.15. The van der Waals surface area contributed by atoms with E-state index in [1.807, 2.05) is 0 Å². The molecule has 0 saturated heterocycles. The predicted molar refractivity (Wildman–Crippen MR) is 168 cm³/mol. The number of carbonyl (C=O) groups excluding carboxylic acids is 6. The molecule has 6 aromatic rings. The summed E-state index contributed by atoms with van der Waals surface area (Å²) in [4.78, 5) is 95.2. The zero-order valence-electron chi connectivity index (χ0n) is 25.6. The summed E-state index contributed by atoms with van der Waals surface area (Å²) >= 11 is 0. The van der Waals surface area contributed by atoms with E-state index in [0.717, 1.165) is 0 Å². The molecule has 0 bridgehead atoms. The summed E-state index contributed by atoms with van der Waals surface area (Å²) in [6.07, 6.45) is 9.50. The average molecular weight is 803 g/mol. The van der Waals surface area contributed by atoms with Crippen molar-refractivity contribution in [2.45, 2.75) is 0 Å². The SMILES string of the molecule is O=C1C(=O)c2cccnc2-c2ncccc21.O=C1C(=O)c2cccnc2-c2ncccc21.O=C1C(=O)c2cccnc2-c2ncccc21.[Cl-].[Cl-].[Ru+2]. The molecule has 0 aliphatic heterocycles. The van der Waals surface area contributed by atoms with E-state index < -0.39 is 34.7 Å². The van der Waals surface area contributed by atoms with Crippen LogP contribution in [0.3, 0.4) is 0 Å². The molecule has 0 unspecified atom stereocenters. The molecule has 6 aromatic heterocycles. The first kappa shape index (κ1) is 37.9. The zero-order valence-corrected chi connectivity index (χ0v) is 28.9. The maximum absolute atomic E-state index is 11.8. The van der Waals surface area contributed by atoms with E-state index in [9.17, 15) is 28.8 Å². The third-order valence-electron chi connectivity index (χ3n) is 7.61. The number of hydrogen-bond donors (Lipinski definition) is 0. The Labute approximate surface area is 313 Å². The molecule has 0 aromatic carbocycles. The Kier molecular flexibility index (Phi) is 11.7. The van der Waals surface area contributed by atoms with Crippen molar-refractivity contribution in [3.8, 4) is 34.2 Å². The van der Waals surface area contributed by atoms with Gasteiger partial charge in [-0.3, -0.25) is 58.7 Å². The molecule has 0 saturated carbocycles. The molecular weight excluding hydrogens is 784 g/mol. The normalized spacial score (nSPS) is 12.5. The summed E-state index contributed by atoms with van der Waals surface area (Å²) in [7, 11) is 0. The van der Waals surface area contributed by atoms with Crippen molar-refractivity contribution in [1.29, 1.82) is 0 Å². The summed E-state index contributed by atoms with van der Waals surface area (Å²) in [5.41, 5.74) is 4.92. The molecule has 9 rings (SSSR count). The predicted octanol–water partition coefficient (Wildman–Crippen LogP) is -1.43. The maximum atomic E-state index is 11.8. The summed E-state index contributed by atoms with van der Waals surface area (Å²) in [6, 6.07) is 19.4. The number of halogens is 2. The molecule has 6 heterocycles. The van der Waals surface area contributed by atoms with Gasteiger partial charge in [-0.05, 0) is 72.8 Å². The van der Waals surface area contributed by atoms with Crippen LogP contribution < -0.4 is 24.8 Å². The van der Waals surface area contributed by atoms with Crippen molar-refractivity contribution < 1.29 is 73.1 Å². The minimum Gasteiger partial charge on any atom is -1.00 e. The van der Waals surface area contributed by atoms with Crippen molar-refractivity contribution in [2.75, 3.05) is 0 Å². The van der Waals surface area contributed by atoms with Crippen LogP contribution in [0.1, 0.15) is 62.1 Å². The van der Waals surface area contributed by atoms with E-state index in [1.54, 1.807) is 110 Å². The molecule has 3 aliphatic carbocycles. The maximum Gasteiger partial charge on any atom is 2.00 e. The molecule has 0 fully saturated rings. The third kappa shape index (κ3) is 6.70. The molecule has 0 amide bonds. The fourth-order valence-electron chi connectivity index (χ4n) is 5.40. The van der Waals surface area contributed by atoms with Gasteiger partial charge < -0.3 is 24.8 Å². The van der Waals surface area contributed by atoms with Crippen molar-refractivity contribution >= 4 is 34.7 Å². The molecule has 12 nitrogen and oxygen atoms in total. The Morgan fingerprint density at radius 2 is 0.412 bits per heavy atom. The number of rotatable bonds is 0. The number of aromatic nitrogens is 6. The minimum absolute atomic E-state index is 0. The number of fused-ring (bicyclic) bond motifs is 9. The smallest absolute Gasteiger partial charge is 1.00 e. The summed E-state index contributed by atoms with van der Waals surface area (Å²) in [5, 5.41) is 0. The van der Waals surface area contributed by atoms with Crippen LogP contribution in [0.25, 0.3) is 34.2 Å². The number of ketones is 6. The molecule has 51 heavy (non-hydrogen) atoms. The standard InChI is InChI=1S/3C12H6N2O2.2ClH.Ru/c3*15-11-7-3-1-5-13-9(7)10-8(12(11)16)4-2-6-14-10;;;/h3*1-6H;2*1H;/q;;;;;+2/p-2. The van der Waals surface area contributed by atoms with E-state index in [4.69, 9.17) is 0 Å². The number of Topliss-reactive ketones (excluding diaryl/α,β-unsaturated/α-hetero) is 6. The number of hydrogen-bond acceptors (Lipinski definition) is 12. The monoisotopic (exact) mass is 802 g/mol. The molecule has 0 spiro atoms. The molecular formula is C36H18Cl2N6O6Ru. The molecule has 0 N–H and O–H groups in total. The van der Waals surface area contributed by atoms with Crippen molar-refractivity contribution in [1.82, 2.24) is 29.9 Å². The van der Waals surface area contributed by atoms with Gasteiger partial charge in [0.25, 0.3) is 0 Å². The largest absolute Gasteiger partial charge is 2.00 e. The molecule has 15 heteroatoms. The van der Waals surface area contributed by atoms with E-state index in [2.05, 4.69) is 29.9 Å². The van der Waals surface area contributed by atoms with Gasteiger partial charge in [-0.15, -0.1) is 0 Å². The Hall–Kier alpha value is -5.88. The van der Waals surface area contributed by atoms with Gasteiger partial charge in [0.15, 0.2) is 0 Å². The number of nitrogens with zero attached hydrogens (tertiary/aromatic N) is 6. The molecule has 250 valence electrons. The van der Waals surface area contributed by atoms with Crippen LogP contribution in [-0.4, -0.2) is 64.6 Å². The van der Waals surface area contributed by atoms with Crippen LogP contribution in [0, 0.1) is 0 Å². The van der Waals surface area contributed by atoms with Crippen LogP contribution in [0.15, 0.2) is 110 Å². The first-order valence-electron chi connectivity index (χ1n) is 14.3. The van der Waals surface area contributed by atoms with E-state index in [1.165, 1.54) is 0 Å². The molecule has 0 radical (unpaired) electrons. The van der Waals surface area contributed by atoms with Crippen LogP contribution in [-0.2, 0) is 19.5 Å². The Morgan fingerprint density at radius 1 is 0.275 bits per heavy atom. The van der Waals surface area contributed by atoms with Gasteiger partial charge in [0.1, 0.15) is 34.2 Å². The van der Waals surface area contributed by atoms with Gasteiger partial charge >= 0.3 is 19.5 Å². The molecule has 3 aliphatic rings. The van der Waals surface area contributed by atoms with Crippen molar-refractivity contribution in [3.63, 3.8) is 0 Å². The number of carbonyl (C=O) groups is 6. The fraction of sp³-hybridized carbons (Fsp3) is 0. The van der Waals surface area contributed by atoms with Gasteiger partial charge in [-0.1, -0.05) is 0 Å².